The molecular formula is C19H20O4. The van der Waals surface area contributed by atoms with E-state index in [2.05, 4.69) is 6.92 Å². The zero-order valence-corrected chi connectivity index (χ0v) is 13.7. The number of benzene rings is 2. The second kappa shape index (κ2) is 6.24. The third-order valence-corrected chi connectivity index (χ3v) is 4.59. The maximum atomic E-state index is 11.5. The monoisotopic (exact) mass is 312 g/mol. The fourth-order valence-electron chi connectivity index (χ4n) is 2.85. The summed E-state index contributed by atoms with van der Waals surface area (Å²) in [5, 5.41) is 18.8. The minimum atomic E-state index is -1.11. The van der Waals surface area contributed by atoms with Crippen molar-refractivity contribution in [2.45, 2.75) is 34.1 Å². The minimum Gasteiger partial charge on any atom is -0.478 e. The summed E-state index contributed by atoms with van der Waals surface area (Å²) >= 11 is 0. The fraction of sp³-hybridized carbons (Fsp3) is 0.263. The first-order valence-corrected chi connectivity index (χ1v) is 7.38. The van der Waals surface area contributed by atoms with Gasteiger partial charge in [0, 0.05) is 0 Å². The van der Waals surface area contributed by atoms with E-state index < -0.39 is 11.9 Å². The summed E-state index contributed by atoms with van der Waals surface area (Å²) in [6.45, 7) is 8.07. The molecule has 0 aromatic heterocycles. The number of hydrogen-bond acceptors (Lipinski definition) is 2. The van der Waals surface area contributed by atoms with Gasteiger partial charge in [-0.2, -0.15) is 0 Å². The van der Waals surface area contributed by atoms with Crippen molar-refractivity contribution in [2.75, 3.05) is 0 Å². The largest absolute Gasteiger partial charge is 0.478 e. The van der Waals surface area contributed by atoms with Gasteiger partial charge in [-0.3, -0.25) is 0 Å². The van der Waals surface area contributed by atoms with E-state index in [1.54, 1.807) is 0 Å². The lowest BCUT2D eigenvalue weighted by Crippen LogP contribution is -2.11. The van der Waals surface area contributed by atoms with Crippen LogP contribution in [-0.2, 0) is 6.42 Å². The molecule has 4 heteroatoms. The molecule has 120 valence electrons. The fourth-order valence-corrected chi connectivity index (χ4v) is 2.85. The summed E-state index contributed by atoms with van der Waals surface area (Å²) in [4.78, 5) is 22.9. The number of carbonyl (C=O) groups is 2. The first-order valence-electron chi connectivity index (χ1n) is 7.38. The highest BCUT2D eigenvalue weighted by molar-refractivity contribution is 5.96. The van der Waals surface area contributed by atoms with Crippen LogP contribution >= 0.6 is 0 Å². The zero-order valence-electron chi connectivity index (χ0n) is 13.7. The van der Waals surface area contributed by atoms with Gasteiger partial charge in [0.15, 0.2) is 0 Å². The molecule has 0 radical (unpaired) electrons. The Morgan fingerprint density at radius 3 is 1.87 bits per heavy atom. The van der Waals surface area contributed by atoms with Crippen LogP contribution in [0.25, 0.3) is 0 Å². The summed E-state index contributed by atoms with van der Waals surface area (Å²) in [6, 6.07) is 6.39. The summed E-state index contributed by atoms with van der Waals surface area (Å²) < 4.78 is 0. The molecule has 0 saturated heterocycles. The van der Waals surface area contributed by atoms with Gasteiger partial charge >= 0.3 is 11.9 Å². The van der Waals surface area contributed by atoms with Gasteiger partial charge in [0.2, 0.25) is 0 Å². The van der Waals surface area contributed by atoms with E-state index in [-0.39, 0.29) is 17.5 Å². The van der Waals surface area contributed by atoms with Crippen LogP contribution in [0.5, 0.6) is 0 Å². The van der Waals surface area contributed by atoms with Gasteiger partial charge in [-0.25, -0.2) is 9.59 Å². The summed E-state index contributed by atoms with van der Waals surface area (Å²) in [5.74, 6) is -2.22. The van der Waals surface area contributed by atoms with Crippen molar-refractivity contribution in [1.29, 1.82) is 0 Å². The predicted molar refractivity (Wildman–Crippen MR) is 88.6 cm³/mol. The van der Waals surface area contributed by atoms with Gasteiger partial charge in [-0.1, -0.05) is 12.1 Å². The first kappa shape index (κ1) is 16.7. The third-order valence-electron chi connectivity index (χ3n) is 4.59. The van der Waals surface area contributed by atoms with E-state index in [0.29, 0.717) is 5.56 Å². The summed E-state index contributed by atoms with van der Waals surface area (Å²) in [5.41, 5.74) is 5.94. The van der Waals surface area contributed by atoms with E-state index in [0.717, 1.165) is 22.3 Å². The molecule has 0 spiro atoms. The topological polar surface area (TPSA) is 74.6 Å². The van der Waals surface area contributed by atoms with Crippen molar-refractivity contribution in [2.24, 2.45) is 0 Å². The highest BCUT2D eigenvalue weighted by Gasteiger charge is 2.19. The van der Waals surface area contributed by atoms with Crippen LogP contribution in [0, 0.1) is 27.7 Å². The number of carboxylic acid groups (broad SMARTS) is 2. The van der Waals surface area contributed by atoms with E-state index in [4.69, 9.17) is 0 Å². The Morgan fingerprint density at radius 2 is 1.39 bits per heavy atom. The lowest BCUT2D eigenvalue weighted by atomic mass is 9.88. The molecule has 0 saturated carbocycles. The SMILES string of the molecule is Cc1cc(Cc2c(C(=O)O)cccc2C(=O)O)c(C)c(C)c1C. The standard InChI is InChI=1S/C19H20O4/c1-10-8-14(13(4)12(3)11(10)2)9-17-15(18(20)21)6-5-7-16(17)19(22)23/h5-8H,9H2,1-4H3,(H,20,21)(H,22,23). The smallest absolute Gasteiger partial charge is 0.336 e. The molecule has 0 aliphatic heterocycles. The van der Waals surface area contributed by atoms with Gasteiger partial charge in [-0.15, -0.1) is 0 Å². The Kier molecular flexibility index (Phi) is 4.55. The van der Waals surface area contributed by atoms with E-state index in [1.165, 1.54) is 23.8 Å². The Morgan fingerprint density at radius 1 is 0.870 bits per heavy atom. The second-order valence-corrected chi connectivity index (χ2v) is 5.85. The molecular weight excluding hydrogens is 292 g/mol. The molecule has 23 heavy (non-hydrogen) atoms. The normalized spacial score (nSPS) is 10.6. The average Bonchev–Trinajstić information content (AvgIpc) is 2.50. The van der Waals surface area contributed by atoms with Gasteiger partial charge < -0.3 is 10.2 Å². The molecule has 2 aromatic carbocycles. The van der Waals surface area contributed by atoms with Gasteiger partial charge in [0.1, 0.15) is 0 Å². The van der Waals surface area contributed by atoms with Crippen LogP contribution in [0.1, 0.15) is 54.1 Å². The van der Waals surface area contributed by atoms with Crippen molar-refractivity contribution >= 4 is 11.9 Å². The molecule has 0 fully saturated rings. The number of carboxylic acids is 2. The van der Waals surface area contributed by atoms with Gasteiger partial charge in [-0.05, 0) is 79.6 Å². The van der Waals surface area contributed by atoms with Crippen molar-refractivity contribution in [3.8, 4) is 0 Å². The number of rotatable bonds is 4. The van der Waals surface area contributed by atoms with Crippen LogP contribution in [0.3, 0.4) is 0 Å². The molecule has 2 aromatic rings. The van der Waals surface area contributed by atoms with E-state index >= 15 is 0 Å². The molecule has 0 aliphatic rings. The van der Waals surface area contributed by atoms with Crippen LogP contribution in [0.2, 0.25) is 0 Å². The lowest BCUT2D eigenvalue weighted by molar-refractivity contribution is 0.0696. The summed E-state index contributed by atoms with van der Waals surface area (Å²) in [7, 11) is 0. The van der Waals surface area contributed by atoms with Crippen LogP contribution in [0.15, 0.2) is 24.3 Å². The molecule has 4 nitrogen and oxygen atoms in total. The first-order chi connectivity index (χ1) is 10.7. The predicted octanol–water partition coefficient (Wildman–Crippen LogP) is 3.91. The molecule has 0 atom stereocenters. The number of aryl methyl sites for hydroxylation is 1. The van der Waals surface area contributed by atoms with Crippen LogP contribution in [-0.4, -0.2) is 22.2 Å². The zero-order chi connectivity index (χ0) is 17.3. The van der Waals surface area contributed by atoms with Crippen molar-refractivity contribution in [3.63, 3.8) is 0 Å². The Bertz CT molecular complexity index is 771. The molecule has 2 rings (SSSR count). The highest BCUT2D eigenvalue weighted by atomic mass is 16.4. The van der Waals surface area contributed by atoms with Crippen molar-refractivity contribution in [1.82, 2.24) is 0 Å². The van der Waals surface area contributed by atoms with Crippen LogP contribution in [0.4, 0.5) is 0 Å². The average molecular weight is 312 g/mol. The third kappa shape index (κ3) is 3.11. The Balaban J connectivity index is 2.65. The van der Waals surface area contributed by atoms with Crippen molar-refractivity contribution in [3.05, 3.63) is 68.8 Å². The van der Waals surface area contributed by atoms with Crippen molar-refractivity contribution < 1.29 is 19.8 Å². The molecule has 0 bridgehead atoms. The molecule has 0 aliphatic carbocycles. The molecule has 2 N–H and O–H groups in total. The number of hydrogen-bond donors (Lipinski definition) is 2. The van der Waals surface area contributed by atoms with Gasteiger partial charge in [0.05, 0.1) is 11.1 Å². The minimum absolute atomic E-state index is 0.0418. The molecule has 0 heterocycles. The van der Waals surface area contributed by atoms with Gasteiger partial charge in [0.25, 0.3) is 0 Å². The number of aromatic carboxylic acids is 2. The van der Waals surface area contributed by atoms with Crippen LogP contribution < -0.4 is 0 Å². The Labute approximate surface area is 135 Å². The summed E-state index contributed by atoms with van der Waals surface area (Å²) in [6.07, 6.45) is 0.290. The molecule has 0 unspecified atom stereocenters. The molecule has 0 amide bonds. The Hall–Kier alpha value is -2.62. The lowest BCUT2D eigenvalue weighted by Gasteiger charge is -2.16. The highest BCUT2D eigenvalue weighted by Crippen LogP contribution is 2.26. The van der Waals surface area contributed by atoms with E-state index in [1.807, 2.05) is 26.8 Å². The maximum Gasteiger partial charge on any atom is 0.336 e. The quantitative estimate of drug-likeness (QED) is 0.897. The van der Waals surface area contributed by atoms with E-state index in [9.17, 15) is 19.8 Å². The maximum absolute atomic E-state index is 11.5. The second-order valence-electron chi connectivity index (χ2n) is 5.85.